The molecule has 2 heterocycles. The van der Waals surface area contributed by atoms with Crippen molar-refractivity contribution in [3.8, 4) is 5.75 Å². The Bertz CT molecular complexity index is 1940. The van der Waals surface area contributed by atoms with Crippen molar-refractivity contribution in [2.45, 2.75) is 57.0 Å². The first kappa shape index (κ1) is 34.0. The maximum atomic E-state index is 14.9. The van der Waals surface area contributed by atoms with Gasteiger partial charge in [0.1, 0.15) is 11.6 Å². The van der Waals surface area contributed by atoms with Crippen molar-refractivity contribution in [1.82, 2.24) is 20.0 Å². The molecule has 4 aromatic rings. The minimum Gasteiger partial charge on any atom is -0.508 e. The average Bonchev–Trinajstić information content (AvgIpc) is 3.58. The Hall–Kier alpha value is -4.12. The molecular weight excluding hydrogens is 647 g/mol. The third-order valence-corrected chi connectivity index (χ3v) is 12.1. The van der Waals surface area contributed by atoms with Crippen LogP contribution >= 0.6 is 0 Å². The number of ether oxygens (including phenoxy) is 2. The molecule has 1 aliphatic heterocycles. The first-order chi connectivity index (χ1) is 24.9. The monoisotopic (exact) mass is 694 g/mol. The molecule has 0 radical (unpaired) electrons. The first-order valence-electron chi connectivity index (χ1n) is 18.7. The number of nitrogens with zero attached hydrogens (tertiary/aromatic N) is 3. The van der Waals surface area contributed by atoms with Crippen LogP contribution in [-0.4, -0.2) is 89.7 Å². The topological polar surface area (TPSA) is 108 Å². The van der Waals surface area contributed by atoms with E-state index in [-0.39, 0.29) is 17.0 Å². The largest absolute Gasteiger partial charge is 0.508 e. The van der Waals surface area contributed by atoms with E-state index in [0.717, 1.165) is 42.2 Å². The molecule has 0 spiro atoms. The van der Waals surface area contributed by atoms with Crippen LogP contribution in [0.5, 0.6) is 5.75 Å². The highest BCUT2D eigenvalue weighted by Gasteiger charge is 2.48. The van der Waals surface area contributed by atoms with Crippen LogP contribution in [0.1, 0.15) is 70.8 Å². The summed E-state index contributed by atoms with van der Waals surface area (Å²) < 4.78 is 27.3. The second kappa shape index (κ2) is 14.9. The molecule has 3 aromatic carbocycles. The number of piperazine rings is 1. The molecule has 1 unspecified atom stereocenters. The summed E-state index contributed by atoms with van der Waals surface area (Å²) in [6.07, 6.45) is 7.82. The zero-order chi connectivity index (χ0) is 34.9. The number of fused-ring (bicyclic) bond motifs is 6. The molecule has 3 aliphatic carbocycles. The van der Waals surface area contributed by atoms with E-state index >= 15 is 0 Å². The maximum Gasteiger partial charge on any atom is 0.272 e. The molecule has 10 heteroatoms. The van der Waals surface area contributed by atoms with Gasteiger partial charge in [0.25, 0.3) is 11.5 Å². The Kier molecular flexibility index (Phi) is 9.90. The van der Waals surface area contributed by atoms with Gasteiger partial charge < -0.3 is 19.5 Å². The second-order valence-electron chi connectivity index (χ2n) is 14.9. The molecule has 0 bridgehead atoms. The van der Waals surface area contributed by atoms with E-state index in [2.05, 4.69) is 21.2 Å². The molecule has 2 N–H and O–H groups in total. The highest BCUT2D eigenvalue weighted by Crippen LogP contribution is 2.55. The Morgan fingerprint density at radius 2 is 1.71 bits per heavy atom. The van der Waals surface area contributed by atoms with Crippen LogP contribution in [0, 0.1) is 23.6 Å². The number of hydrogen-bond acceptors (Lipinski definition) is 7. The van der Waals surface area contributed by atoms with Crippen molar-refractivity contribution >= 4 is 16.7 Å². The van der Waals surface area contributed by atoms with Gasteiger partial charge in [-0.05, 0) is 109 Å². The summed E-state index contributed by atoms with van der Waals surface area (Å²) in [6.45, 7) is 5.05. The van der Waals surface area contributed by atoms with Crippen molar-refractivity contribution in [3.05, 3.63) is 105 Å². The fourth-order valence-corrected chi connectivity index (χ4v) is 9.62. The van der Waals surface area contributed by atoms with Crippen LogP contribution in [-0.2, 0) is 22.3 Å². The van der Waals surface area contributed by atoms with Crippen LogP contribution < -0.4 is 5.56 Å². The number of carbonyl (C=O) groups is 1. The predicted octanol–water partition coefficient (Wildman–Crippen LogP) is 5.68. The number of benzene rings is 3. The Morgan fingerprint density at radius 1 is 0.882 bits per heavy atom. The van der Waals surface area contributed by atoms with Crippen molar-refractivity contribution in [2.75, 3.05) is 52.5 Å². The number of aryl methyl sites for hydroxylation is 1. The fraction of sp³-hybridized carbons (Fsp3) is 0.488. The number of aromatic hydroxyl groups is 1. The van der Waals surface area contributed by atoms with Crippen molar-refractivity contribution < 1.29 is 23.8 Å². The molecule has 1 amide bonds. The molecule has 9 nitrogen and oxygen atoms in total. The van der Waals surface area contributed by atoms with Crippen molar-refractivity contribution in [1.29, 1.82) is 0 Å². The smallest absolute Gasteiger partial charge is 0.272 e. The van der Waals surface area contributed by atoms with Crippen LogP contribution in [0.3, 0.4) is 0 Å². The summed E-state index contributed by atoms with van der Waals surface area (Å²) in [5, 5.41) is 18.0. The molecule has 268 valence electrons. The lowest BCUT2D eigenvalue weighted by Crippen LogP contribution is -2.49. The van der Waals surface area contributed by atoms with Crippen molar-refractivity contribution in [2.24, 2.45) is 17.8 Å². The van der Waals surface area contributed by atoms with Crippen LogP contribution in [0.4, 0.5) is 4.39 Å². The number of halogens is 1. The zero-order valence-electron chi connectivity index (χ0n) is 29.1. The molecule has 4 aliphatic rings. The number of amides is 1. The summed E-state index contributed by atoms with van der Waals surface area (Å²) in [5.74, 6) is 2.29. The van der Waals surface area contributed by atoms with Crippen LogP contribution in [0.15, 0.2) is 65.5 Å². The number of carbonyl (C=O) groups excluding carboxylic acids is 1. The van der Waals surface area contributed by atoms with Gasteiger partial charge in [-0.3, -0.25) is 14.5 Å². The summed E-state index contributed by atoms with van der Waals surface area (Å²) in [7, 11) is 0. The number of rotatable bonds is 10. The lowest BCUT2D eigenvalue weighted by Gasteiger charge is -2.45. The number of phenols is 1. The lowest BCUT2D eigenvalue weighted by molar-refractivity contribution is -0.0330. The second-order valence-corrected chi connectivity index (χ2v) is 14.9. The summed E-state index contributed by atoms with van der Waals surface area (Å²) in [5.41, 5.74) is 4.04. The van der Waals surface area contributed by atoms with Crippen molar-refractivity contribution in [3.63, 3.8) is 0 Å². The van der Waals surface area contributed by atoms with Gasteiger partial charge in [-0.1, -0.05) is 30.3 Å². The van der Waals surface area contributed by atoms with Gasteiger partial charge in [-0.15, -0.1) is 0 Å². The SMILES string of the molecule is O=C(c1cc(Cc2n[nH]c(=O)c3ccccc23)ccc1F)N1CCN(CCOCCO[C@H]2CC[C@@H]3C2CC[C@@H]2c4ccc(O)cc4CC[C@H]23)CC1. The summed E-state index contributed by atoms with van der Waals surface area (Å²) >= 11 is 0. The van der Waals surface area contributed by atoms with E-state index < -0.39 is 5.82 Å². The quantitative estimate of drug-likeness (QED) is 0.206. The Balaban J connectivity index is 0.757. The van der Waals surface area contributed by atoms with E-state index in [1.165, 1.54) is 42.9 Å². The van der Waals surface area contributed by atoms with E-state index in [1.54, 1.807) is 29.2 Å². The highest BCUT2D eigenvalue weighted by molar-refractivity contribution is 5.95. The van der Waals surface area contributed by atoms with E-state index in [1.807, 2.05) is 24.3 Å². The molecule has 2 saturated carbocycles. The third kappa shape index (κ3) is 7.06. The zero-order valence-corrected chi connectivity index (χ0v) is 29.1. The number of hydrogen-bond donors (Lipinski definition) is 2. The lowest BCUT2D eigenvalue weighted by atomic mass is 9.61. The van der Waals surface area contributed by atoms with Crippen LogP contribution in [0.25, 0.3) is 10.8 Å². The fourth-order valence-electron chi connectivity index (χ4n) is 9.62. The molecular formula is C41H47FN4O5. The van der Waals surface area contributed by atoms with E-state index in [0.29, 0.717) is 87.2 Å². The van der Waals surface area contributed by atoms with Gasteiger partial charge in [0.2, 0.25) is 0 Å². The Morgan fingerprint density at radius 3 is 2.57 bits per heavy atom. The van der Waals surface area contributed by atoms with Gasteiger partial charge in [-0.2, -0.15) is 5.10 Å². The van der Waals surface area contributed by atoms with E-state index in [9.17, 15) is 19.1 Å². The van der Waals surface area contributed by atoms with E-state index in [4.69, 9.17) is 9.47 Å². The minimum atomic E-state index is -0.538. The molecule has 1 saturated heterocycles. The molecule has 1 aromatic heterocycles. The first-order valence-corrected chi connectivity index (χ1v) is 18.7. The minimum absolute atomic E-state index is 0.0601. The standard InChI is InChI=1S/C41H47FN4O5/c42-37-13-5-26(24-38-33-3-1-2-4-35(33)40(48)44-43-38)23-36(37)41(49)46-17-15-45(16-18-46)19-20-50-21-22-51-39-14-12-32-31-8-6-27-25-28(47)7-9-29(27)30(31)10-11-34(32)39/h1-5,7,9,13,23,25,30-32,34,39,47H,6,8,10-12,14-22,24H2,(H,44,48)/t30-,31-,32+,34?,39+/m1/s1. The van der Waals surface area contributed by atoms with Gasteiger partial charge in [0.05, 0.1) is 42.6 Å². The number of aromatic nitrogens is 2. The highest BCUT2D eigenvalue weighted by atomic mass is 19.1. The normalized spacial score (nSPS) is 24.6. The average molecular weight is 695 g/mol. The van der Waals surface area contributed by atoms with Crippen LogP contribution in [0.2, 0.25) is 0 Å². The van der Waals surface area contributed by atoms with Gasteiger partial charge in [0, 0.05) is 44.5 Å². The number of phenolic OH excluding ortho intramolecular Hbond substituents is 1. The molecule has 51 heavy (non-hydrogen) atoms. The molecule has 5 atom stereocenters. The predicted molar refractivity (Wildman–Crippen MR) is 193 cm³/mol. The van der Waals surface area contributed by atoms with Gasteiger partial charge >= 0.3 is 0 Å². The molecule has 3 fully saturated rings. The third-order valence-electron chi connectivity index (χ3n) is 12.1. The summed E-state index contributed by atoms with van der Waals surface area (Å²) in [6, 6.07) is 17.9. The molecule has 8 rings (SSSR count). The van der Waals surface area contributed by atoms with Gasteiger partial charge in [0.15, 0.2) is 0 Å². The Labute approximate surface area is 297 Å². The number of aromatic amines is 1. The van der Waals surface area contributed by atoms with Gasteiger partial charge in [-0.25, -0.2) is 9.49 Å². The number of nitrogens with one attached hydrogen (secondary N) is 1. The summed E-state index contributed by atoms with van der Waals surface area (Å²) in [4.78, 5) is 29.6. The number of H-pyrrole nitrogens is 1. The maximum absolute atomic E-state index is 14.9.